The first-order chi connectivity index (χ1) is 7.52. The van der Waals surface area contributed by atoms with Crippen molar-refractivity contribution < 1.29 is 13.2 Å². The first kappa shape index (κ1) is 10.2. The van der Waals surface area contributed by atoms with Gasteiger partial charge in [0.15, 0.2) is 5.69 Å². The van der Waals surface area contributed by atoms with Crippen molar-refractivity contribution in [2.75, 3.05) is 0 Å². The van der Waals surface area contributed by atoms with E-state index in [4.69, 9.17) is 0 Å². The van der Waals surface area contributed by atoms with Gasteiger partial charge in [0.1, 0.15) is 0 Å². The lowest BCUT2D eigenvalue weighted by Crippen LogP contribution is -2.11. The van der Waals surface area contributed by atoms with Crippen LogP contribution in [0.4, 0.5) is 13.2 Å². The summed E-state index contributed by atoms with van der Waals surface area (Å²) in [6, 6.07) is 0. The van der Waals surface area contributed by atoms with E-state index in [1.807, 2.05) is 6.92 Å². The summed E-state index contributed by atoms with van der Waals surface area (Å²) in [5.41, 5.74) is 0.689. The predicted molar refractivity (Wildman–Crippen MR) is 52.1 cm³/mol. The van der Waals surface area contributed by atoms with Gasteiger partial charge < -0.3 is 0 Å². The van der Waals surface area contributed by atoms with Crippen molar-refractivity contribution in [2.45, 2.75) is 44.8 Å². The summed E-state index contributed by atoms with van der Waals surface area (Å²) in [5.74, 6) is 0.975. The minimum Gasteiger partial charge on any atom is -0.269 e. The molecule has 0 amide bonds. The molecule has 2 unspecified atom stereocenters. The molecule has 0 aliphatic heterocycles. The summed E-state index contributed by atoms with van der Waals surface area (Å²) >= 11 is 0. The van der Waals surface area contributed by atoms with Crippen LogP contribution in [0.2, 0.25) is 0 Å². The average molecular weight is 230 g/mol. The van der Waals surface area contributed by atoms with Gasteiger partial charge in [0.05, 0.1) is 0 Å². The van der Waals surface area contributed by atoms with Gasteiger partial charge in [-0.3, -0.25) is 4.68 Å². The Morgan fingerprint density at radius 2 is 2.19 bits per heavy atom. The minimum absolute atomic E-state index is 0.354. The van der Waals surface area contributed by atoms with E-state index in [9.17, 15) is 13.2 Å². The maximum atomic E-state index is 12.8. The Balaban J connectivity index is 2.14. The average Bonchev–Trinajstić information content (AvgIpc) is 2.89. The number of nitrogens with zero attached hydrogens (tertiary/aromatic N) is 2. The summed E-state index contributed by atoms with van der Waals surface area (Å²) in [7, 11) is 0. The second-order valence-corrected chi connectivity index (χ2v) is 4.67. The summed E-state index contributed by atoms with van der Waals surface area (Å²) in [6.07, 6.45) is -1.80. The van der Waals surface area contributed by atoms with Crippen LogP contribution in [0.15, 0.2) is 0 Å². The fourth-order valence-electron chi connectivity index (χ4n) is 2.87. The van der Waals surface area contributed by atoms with Crippen LogP contribution in [-0.2, 0) is 19.1 Å². The molecular weight excluding hydrogens is 217 g/mol. The molecule has 3 rings (SSSR count). The molecule has 88 valence electrons. The molecule has 1 saturated carbocycles. The van der Waals surface area contributed by atoms with Crippen molar-refractivity contribution >= 4 is 0 Å². The van der Waals surface area contributed by atoms with Gasteiger partial charge in [0, 0.05) is 23.7 Å². The molecule has 5 heteroatoms. The zero-order valence-corrected chi connectivity index (χ0v) is 9.01. The lowest BCUT2D eigenvalue weighted by Gasteiger charge is -2.13. The van der Waals surface area contributed by atoms with Crippen LogP contribution < -0.4 is 0 Å². The van der Waals surface area contributed by atoms with Crippen LogP contribution in [-0.4, -0.2) is 9.78 Å². The van der Waals surface area contributed by atoms with E-state index in [2.05, 4.69) is 5.10 Å². The van der Waals surface area contributed by atoms with E-state index >= 15 is 0 Å². The standard InChI is InChI=1S/C11H13F3N2/c1-2-16-9-7(4-3-6-5-8(6)9)10(15-16)11(12,13)14/h6,8H,2-5H2,1H3. The van der Waals surface area contributed by atoms with Crippen molar-refractivity contribution in [3.63, 3.8) is 0 Å². The number of rotatable bonds is 1. The molecular formula is C11H13F3N2. The van der Waals surface area contributed by atoms with E-state index in [1.54, 1.807) is 4.68 Å². The summed E-state index contributed by atoms with van der Waals surface area (Å²) in [5, 5.41) is 3.75. The van der Waals surface area contributed by atoms with Gasteiger partial charge in [0.25, 0.3) is 0 Å². The first-order valence-electron chi connectivity index (χ1n) is 5.69. The third-order valence-corrected chi connectivity index (χ3v) is 3.70. The third kappa shape index (κ3) is 1.30. The number of aryl methyl sites for hydroxylation is 1. The van der Waals surface area contributed by atoms with Crippen LogP contribution in [0.25, 0.3) is 0 Å². The molecule has 1 fully saturated rings. The van der Waals surface area contributed by atoms with Crippen LogP contribution in [0.3, 0.4) is 0 Å². The highest BCUT2D eigenvalue weighted by Gasteiger charge is 2.49. The Morgan fingerprint density at radius 1 is 1.44 bits per heavy atom. The number of alkyl halides is 3. The number of halogens is 3. The van der Waals surface area contributed by atoms with Gasteiger partial charge in [-0.1, -0.05) is 0 Å². The molecule has 2 aliphatic rings. The fourth-order valence-corrected chi connectivity index (χ4v) is 2.87. The molecule has 1 aromatic heterocycles. The maximum absolute atomic E-state index is 12.8. The van der Waals surface area contributed by atoms with Gasteiger partial charge in [-0.2, -0.15) is 18.3 Å². The molecule has 0 radical (unpaired) electrons. The molecule has 0 bridgehead atoms. The summed E-state index contributed by atoms with van der Waals surface area (Å²) < 4.78 is 39.9. The molecule has 0 saturated heterocycles. The van der Waals surface area contributed by atoms with E-state index in [1.165, 1.54) is 0 Å². The number of hydrogen-bond donors (Lipinski definition) is 0. The number of fused-ring (bicyclic) bond motifs is 3. The second-order valence-electron chi connectivity index (χ2n) is 4.67. The Kier molecular flexibility index (Phi) is 1.92. The molecule has 2 aliphatic carbocycles. The zero-order valence-electron chi connectivity index (χ0n) is 9.01. The first-order valence-corrected chi connectivity index (χ1v) is 5.69. The topological polar surface area (TPSA) is 17.8 Å². The van der Waals surface area contributed by atoms with E-state index in [-0.39, 0.29) is 0 Å². The number of aromatic nitrogens is 2. The zero-order chi connectivity index (χ0) is 11.5. The van der Waals surface area contributed by atoms with Gasteiger partial charge in [-0.25, -0.2) is 0 Å². The molecule has 0 aromatic carbocycles. The van der Waals surface area contributed by atoms with Crippen molar-refractivity contribution in [3.05, 3.63) is 17.0 Å². The molecule has 0 N–H and O–H groups in total. The Bertz CT molecular complexity index is 433. The molecule has 0 spiro atoms. The van der Waals surface area contributed by atoms with E-state index in [0.717, 1.165) is 18.5 Å². The Labute approximate surface area is 91.4 Å². The van der Waals surface area contributed by atoms with Crippen molar-refractivity contribution in [2.24, 2.45) is 5.92 Å². The fraction of sp³-hybridized carbons (Fsp3) is 0.727. The van der Waals surface area contributed by atoms with E-state index < -0.39 is 11.9 Å². The molecule has 1 aromatic rings. The van der Waals surface area contributed by atoms with Crippen molar-refractivity contribution in [1.29, 1.82) is 0 Å². The van der Waals surface area contributed by atoms with Gasteiger partial charge in [-0.15, -0.1) is 0 Å². The van der Waals surface area contributed by atoms with Crippen LogP contribution in [0, 0.1) is 5.92 Å². The highest BCUT2D eigenvalue weighted by molar-refractivity contribution is 5.37. The SMILES string of the molecule is CCn1nc(C(F)(F)F)c2c1C1CC1CC2. The lowest BCUT2D eigenvalue weighted by atomic mass is 9.95. The smallest absolute Gasteiger partial charge is 0.269 e. The molecule has 2 nitrogen and oxygen atoms in total. The van der Waals surface area contributed by atoms with Crippen LogP contribution >= 0.6 is 0 Å². The van der Waals surface area contributed by atoms with E-state index in [0.29, 0.717) is 30.4 Å². The number of hydrogen-bond acceptors (Lipinski definition) is 1. The largest absolute Gasteiger partial charge is 0.435 e. The molecule has 1 heterocycles. The second kappa shape index (κ2) is 3.02. The van der Waals surface area contributed by atoms with Crippen molar-refractivity contribution in [1.82, 2.24) is 9.78 Å². The summed E-state index contributed by atoms with van der Waals surface area (Å²) in [6.45, 7) is 2.38. The predicted octanol–water partition coefficient (Wildman–Crippen LogP) is 2.97. The normalized spacial score (nSPS) is 27.5. The maximum Gasteiger partial charge on any atom is 0.435 e. The quantitative estimate of drug-likeness (QED) is 0.725. The Morgan fingerprint density at radius 3 is 2.81 bits per heavy atom. The molecule has 2 atom stereocenters. The van der Waals surface area contributed by atoms with Crippen molar-refractivity contribution in [3.8, 4) is 0 Å². The monoisotopic (exact) mass is 230 g/mol. The third-order valence-electron chi connectivity index (χ3n) is 3.70. The van der Waals surface area contributed by atoms with Crippen LogP contribution in [0.5, 0.6) is 0 Å². The van der Waals surface area contributed by atoms with Gasteiger partial charge in [-0.05, 0) is 32.1 Å². The van der Waals surface area contributed by atoms with Gasteiger partial charge >= 0.3 is 6.18 Å². The Hall–Kier alpha value is -1.00. The highest BCUT2D eigenvalue weighted by Crippen LogP contribution is 2.56. The van der Waals surface area contributed by atoms with Gasteiger partial charge in [0.2, 0.25) is 0 Å². The minimum atomic E-state index is -4.30. The highest BCUT2D eigenvalue weighted by atomic mass is 19.4. The lowest BCUT2D eigenvalue weighted by molar-refractivity contribution is -0.142. The van der Waals surface area contributed by atoms with Crippen LogP contribution in [0.1, 0.15) is 42.6 Å². The summed E-state index contributed by atoms with van der Waals surface area (Å²) in [4.78, 5) is 0. The molecule has 16 heavy (non-hydrogen) atoms.